The van der Waals surface area contributed by atoms with E-state index < -0.39 is 6.04 Å². The smallest absolute Gasteiger partial charge is 0.246 e. The van der Waals surface area contributed by atoms with Crippen LogP contribution in [0.2, 0.25) is 0 Å². The summed E-state index contributed by atoms with van der Waals surface area (Å²) in [4.78, 5) is 14.9. The molecule has 0 aliphatic carbocycles. The maximum absolute atomic E-state index is 13.6. The lowest BCUT2D eigenvalue weighted by molar-refractivity contribution is -0.116. The molecule has 1 amide bonds. The van der Waals surface area contributed by atoms with Gasteiger partial charge >= 0.3 is 0 Å². The number of rotatable bonds is 7. The molecule has 3 rings (SSSR count). The van der Waals surface area contributed by atoms with Crippen LogP contribution in [0, 0.1) is 12.7 Å². The van der Waals surface area contributed by atoms with Gasteiger partial charge in [0.2, 0.25) is 5.91 Å². The van der Waals surface area contributed by atoms with Gasteiger partial charge in [-0.15, -0.1) is 0 Å². The van der Waals surface area contributed by atoms with Gasteiger partial charge in [0.05, 0.1) is 0 Å². The zero-order valence-electron chi connectivity index (χ0n) is 16.5. The number of hydrogen-bond donors (Lipinski definition) is 2. The number of anilines is 2. The third-order valence-corrected chi connectivity index (χ3v) is 5.93. The highest BCUT2D eigenvalue weighted by atomic mass is 32.2. The van der Waals surface area contributed by atoms with E-state index >= 15 is 0 Å². The van der Waals surface area contributed by atoms with E-state index in [-0.39, 0.29) is 11.7 Å². The molecule has 6 heteroatoms. The lowest BCUT2D eigenvalue weighted by Gasteiger charge is -2.26. The van der Waals surface area contributed by atoms with Crippen LogP contribution in [0.4, 0.5) is 15.8 Å². The molecule has 0 saturated carbocycles. The Morgan fingerprint density at radius 1 is 1.14 bits per heavy atom. The van der Waals surface area contributed by atoms with E-state index in [0.29, 0.717) is 11.3 Å². The van der Waals surface area contributed by atoms with Gasteiger partial charge in [0.25, 0.3) is 0 Å². The molecule has 0 radical (unpaired) electrons. The number of nitrogens with zero attached hydrogens (tertiary/aromatic N) is 1. The van der Waals surface area contributed by atoms with Crippen molar-refractivity contribution in [2.45, 2.75) is 26.3 Å². The molecule has 2 aromatic rings. The second kappa shape index (κ2) is 9.94. The van der Waals surface area contributed by atoms with Crippen molar-refractivity contribution in [3.05, 3.63) is 59.4 Å². The van der Waals surface area contributed by atoms with Crippen LogP contribution in [0.5, 0.6) is 0 Å². The van der Waals surface area contributed by atoms with E-state index in [1.54, 1.807) is 26.0 Å². The number of carbonyl (C=O) groups is 1. The summed E-state index contributed by atoms with van der Waals surface area (Å²) in [5, 5.41) is 5.95. The molecule has 150 valence electrons. The number of carbonyl (C=O) groups excluding carboxylic acids is 1. The van der Waals surface area contributed by atoms with Gasteiger partial charge in [-0.1, -0.05) is 18.2 Å². The van der Waals surface area contributed by atoms with Crippen LogP contribution in [0.15, 0.2) is 42.5 Å². The van der Waals surface area contributed by atoms with E-state index in [1.807, 2.05) is 23.9 Å². The first-order valence-corrected chi connectivity index (χ1v) is 10.9. The summed E-state index contributed by atoms with van der Waals surface area (Å²) in [5.41, 5.74) is 3.23. The average Bonchev–Trinajstić information content (AvgIpc) is 2.71. The molecule has 1 heterocycles. The molecule has 1 atom stereocenters. The van der Waals surface area contributed by atoms with Crippen LogP contribution in [0.3, 0.4) is 0 Å². The molecular formula is C22H28FN3OS. The van der Waals surface area contributed by atoms with Gasteiger partial charge in [0.1, 0.15) is 11.9 Å². The quantitative estimate of drug-likeness (QED) is 0.731. The number of aryl methyl sites for hydroxylation is 1. The molecule has 2 N–H and O–H groups in total. The van der Waals surface area contributed by atoms with Crippen LogP contribution in [0.1, 0.15) is 18.1 Å². The lowest BCUT2D eigenvalue weighted by Crippen LogP contribution is -2.34. The number of halogens is 1. The van der Waals surface area contributed by atoms with Crippen LogP contribution in [0.25, 0.3) is 0 Å². The molecule has 0 spiro atoms. The molecule has 0 bridgehead atoms. The van der Waals surface area contributed by atoms with E-state index in [0.717, 1.165) is 18.7 Å². The molecule has 1 fully saturated rings. The third kappa shape index (κ3) is 5.97. The van der Waals surface area contributed by atoms with E-state index in [4.69, 9.17) is 0 Å². The number of benzene rings is 2. The minimum Gasteiger partial charge on any atom is -0.374 e. The SMILES string of the molecule is Cc1ccc(NC(=O)C(C)Nc2ccc(CCN3CCSCC3)cc2)cc1F. The fourth-order valence-electron chi connectivity index (χ4n) is 3.12. The summed E-state index contributed by atoms with van der Waals surface area (Å²) in [6, 6.07) is 12.5. The largest absolute Gasteiger partial charge is 0.374 e. The van der Waals surface area contributed by atoms with Crippen LogP contribution in [-0.4, -0.2) is 48.0 Å². The highest BCUT2D eigenvalue weighted by Gasteiger charge is 2.14. The minimum absolute atomic E-state index is 0.199. The maximum Gasteiger partial charge on any atom is 0.246 e. The fourth-order valence-corrected chi connectivity index (χ4v) is 4.10. The van der Waals surface area contributed by atoms with Crippen LogP contribution < -0.4 is 10.6 Å². The van der Waals surface area contributed by atoms with Gasteiger partial charge in [-0.25, -0.2) is 4.39 Å². The highest BCUT2D eigenvalue weighted by Crippen LogP contribution is 2.16. The van der Waals surface area contributed by atoms with Gasteiger partial charge in [0.15, 0.2) is 0 Å². The van der Waals surface area contributed by atoms with E-state index in [9.17, 15) is 9.18 Å². The van der Waals surface area contributed by atoms with Crippen molar-refractivity contribution >= 4 is 29.0 Å². The first-order valence-electron chi connectivity index (χ1n) is 9.74. The Hall–Kier alpha value is -2.05. The zero-order valence-corrected chi connectivity index (χ0v) is 17.3. The second-order valence-corrected chi connectivity index (χ2v) is 8.44. The second-order valence-electron chi connectivity index (χ2n) is 7.22. The summed E-state index contributed by atoms with van der Waals surface area (Å²) in [6.45, 7) is 6.95. The van der Waals surface area contributed by atoms with E-state index in [2.05, 4.69) is 27.7 Å². The third-order valence-electron chi connectivity index (χ3n) is 4.99. The predicted molar refractivity (Wildman–Crippen MR) is 117 cm³/mol. The predicted octanol–water partition coefficient (Wildman–Crippen LogP) is 4.16. The summed E-state index contributed by atoms with van der Waals surface area (Å²) in [6.07, 6.45) is 1.04. The fraction of sp³-hybridized carbons (Fsp3) is 0.409. The molecule has 0 aromatic heterocycles. The van der Waals surface area contributed by atoms with Crippen molar-refractivity contribution in [3.63, 3.8) is 0 Å². The summed E-state index contributed by atoms with van der Waals surface area (Å²) in [7, 11) is 0. The molecule has 4 nitrogen and oxygen atoms in total. The van der Waals surface area contributed by atoms with Crippen molar-refractivity contribution in [3.8, 4) is 0 Å². The standard InChI is InChI=1S/C22H28FN3OS/c1-16-3-6-20(15-21(16)23)25-22(27)17(2)24-19-7-4-18(5-8-19)9-10-26-11-13-28-14-12-26/h3-8,15,17,24H,9-14H2,1-2H3,(H,25,27). The topological polar surface area (TPSA) is 44.4 Å². The number of thioether (sulfide) groups is 1. The average molecular weight is 402 g/mol. The Morgan fingerprint density at radius 2 is 1.82 bits per heavy atom. The molecule has 1 aliphatic heterocycles. The molecule has 2 aromatic carbocycles. The first-order chi connectivity index (χ1) is 13.5. The first kappa shape index (κ1) is 20.7. The van der Waals surface area contributed by atoms with Crippen molar-refractivity contribution < 1.29 is 9.18 Å². The monoisotopic (exact) mass is 401 g/mol. The number of amides is 1. The maximum atomic E-state index is 13.6. The zero-order chi connectivity index (χ0) is 19.9. The highest BCUT2D eigenvalue weighted by molar-refractivity contribution is 7.99. The Morgan fingerprint density at radius 3 is 2.50 bits per heavy atom. The van der Waals surface area contributed by atoms with Gasteiger partial charge in [-0.05, 0) is 55.7 Å². The van der Waals surface area contributed by atoms with Gasteiger partial charge in [0, 0.05) is 42.5 Å². The van der Waals surface area contributed by atoms with E-state index in [1.165, 1.54) is 36.2 Å². The lowest BCUT2D eigenvalue weighted by atomic mass is 10.1. The van der Waals surface area contributed by atoms with Crippen molar-refractivity contribution in [2.75, 3.05) is 41.8 Å². The van der Waals surface area contributed by atoms with Crippen molar-refractivity contribution in [1.82, 2.24) is 4.90 Å². The normalized spacial score (nSPS) is 15.8. The van der Waals surface area contributed by atoms with Crippen molar-refractivity contribution in [2.24, 2.45) is 0 Å². The Balaban J connectivity index is 1.48. The molecule has 1 saturated heterocycles. The van der Waals surface area contributed by atoms with Crippen molar-refractivity contribution in [1.29, 1.82) is 0 Å². The summed E-state index contributed by atoms with van der Waals surface area (Å²) in [5.74, 6) is 1.95. The van der Waals surface area contributed by atoms with Gasteiger partial charge in [-0.3, -0.25) is 4.79 Å². The Kier molecular flexibility index (Phi) is 7.34. The van der Waals surface area contributed by atoms with Crippen LogP contribution in [-0.2, 0) is 11.2 Å². The molecule has 28 heavy (non-hydrogen) atoms. The van der Waals surface area contributed by atoms with Crippen LogP contribution >= 0.6 is 11.8 Å². The number of hydrogen-bond acceptors (Lipinski definition) is 4. The summed E-state index contributed by atoms with van der Waals surface area (Å²) >= 11 is 2.03. The Labute approximate surface area is 170 Å². The Bertz CT molecular complexity index is 791. The van der Waals surface area contributed by atoms with Gasteiger partial charge < -0.3 is 15.5 Å². The number of nitrogens with one attached hydrogen (secondary N) is 2. The molecule has 1 unspecified atom stereocenters. The molecular weight excluding hydrogens is 373 g/mol. The summed E-state index contributed by atoms with van der Waals surface area (Å²) < 4.78 is 13.6. The molecule has 1 aliphatic rings. The van der Waals surface area contributed by atoms with Gasteiger partial charge in [-0.2, -0.15) is 11.8 Å². The minimum atomic E-state index is -0.430.